The number of phenolic OH excluding ortho intramolecular Hbond substituents is 1. The molecule has 15 heavy (non-hydrogen) atoms. The standard InChI is InChI=1S/C10H12FNO3/c1-12-5-9(14)6-3-10(15-2)8(13)4-7(6)11/h3-4,12-13H,5H2,1-2H3. The van der Waals surface area contributed by atoms with Gasteiger partial charge in [0.15, 0.2) is 17.3 Å². The number of hydrogen-bond donors (Lipinski definition) is 2. The van der Waals surface area contributed by atoms with E-state index in [2.05, 4.69) is 5.32 Å². The number of aromatic hydroxyl groups is 1. The van der Waals surface area contributed by atoms with Gasteiger partial charge in [-0.1, -0.05) is 0 Å². The third-order valence-corrected chi connectivity index (χ3v) is 1.91. The first-order chi connectivity index (χ1) is 7.10. The van der Waals surface area contributed by atoms with Crippen LogP contribution in [0, 0.1) is 5.82 Å². The molecule has 1 aromatic rings. The molecular formula is C10H12FNO3. The van der Waals surface area contributed by atoms with Crippen LogP contribution in [0.25, 0.3) is 0 Å². The number of halogens is 1. The van der Waals surface area contributed by atoms with E-state index in [9.17, 15) is 14.3 Å². The maximum atomic E-state index is 13.3. The van der Waals surface area contributed by atoms with Gasteiger partial charge in [-0.2, -0.15) is 0 Å². The number of likely N-dealkylation sites (N-methyl/N-ethyl adjacent to an activating group) is 1. The van der Waals surface area contributed by atoms with Gasteiger partial charge in [0.25, 0.3) is 0 Å². The summed E-state index contributed by atoms with van der Waals surface area (Å²) in [6.07, 6.45) is 0. The van der Waals surface area contributed by atoms with Gasteiger partial charge < -0.3 is 15.2 Å². The number of nitrogens with one attached hydrogen (secondary N) is 1. The van der Waals surface area contributed by atoms with Gasteiger partial charge in [-0.25, -0.2) is 4.39 Å². The lowest BCUT2D eigenvalue weighted by Crippen LogP contribution is -2.19. The Morgan fingerprint density at radius 3 is 2.80 bits per heavy atom. The number of phenols is 1. The fourth-order valence-corrected chi connectivity index (χ4v) is 1.18. The van der Waals surface area contributed by atoms with Crippen LogP contribution in [0.1, 0.15) is 10.4 Å². The van der Waals surface area contributed by atoms with Crippen LogP contribution in [0.2, 0.25) is 0 Å². The van der Waals surface area contributed by atoms with Crippen LogP contribution in [0.4, 0.5) is 4.39 Å². The van der Waals surface area contributed by atoms with Crippen LogP contribution in [0.3, 0.4) is 0 Å². The highest BCUT2D eigenvalue weighted by Crippen LogP contribution is 2.28. The number of ketones is 1. The summed E-state index contributed by atoms with van der Waals surface area (Å²) in [5, 5.41) is 11.9. The molecule has 82 valence electrons. The molecule has 4 nitrogen and oxygen atoms in total. The van der Waals surface area contributed by atoms with Crippen molar-refractivity contribution in [2.24, 2.45) is 0 Å². The molecule has 0 saturated carbocycles. The minimum absolute atomic E-state index is 0.0326. The number of hydrogen-bond acceptors (Lipinski definition) is 4. The van der Waals surface area contributed by atoms with E-state index >= 15 is 0 Å². The van der Waals surface area contributed by atoms with Crippen LogP contribution in [-0.4, -0.2) is 31.6 Å². The zero-order valence-corrected chi connectivity index (χ0v) is 8.50. The first-order valence-electron chi connectivity index (χ1n) is 4.34. The highest BCUT2D eigenvalue weighted by molar-refractivity contribution is 5.98. The third-order valence-electron chi connectivity index (χ3n) is 1.91. The maximum Gasteiger partial charge on any atom is 0.179 e. The lowest BCUT2D eigenvalue weighted by Gasteiger charge is -2.07. The van der Waals surface area contributed by atoms with Gasteiger partial charge in [-0.15, -0.1) is 0 Å². The predicted molar refractivity (Wildman–Crippen MR) is 52.9 cm³/mol. The van der Waals surface area contributed by atoms with Gasteiger partial charge in [-0.3, -0.25) is 4.79 Å². The first kappa shape index (κ1) is 11.5. The molecule has 0 unspecified atom stereocenters. The van der Waals surface area contributed by atoms with E-state index in [1.807, 2.05) is 0 Å². The largest absolute Gasteiger partial charge is 0.504 e. The molecular weight excluding hydrogens is 201 g/mol. The van der Waals surface area contributed by atoms with Crippen molar-refractivity contribution in [3.8, 4) is 11.5 Å². The summed E-state index contributed by atoms with van der Waals surface area (Å²) < 4.78 is 18.1. The molecule has 0 amide bonds. The van der Waals surface area contributed by atoms with Gasteiger partial charge >= 0.3 is 0 Å². The van der Waals surface area contributed by atoms with Crippen molar-refractivity contribution < 1.29 is 19.0 Å². The summed E-state index contributed by atoms with van der Waals surface area (Å²) in [6.45, 7) is 0.0326. The quantitative estimate of drug-likeness (QED) is 0.731. The smallest absolute Gasteiger partial charge is 0.179 e. The third kappa shape index (κ3) is 2.44. The number of carbonyl (C=O) groups is 1. The summed E-state index contributed by atoms with van der Waals surface area (Å²) in [7, 11) is 2.92. The van der Waals surface area contributed by atoms with Crippen LogP contribution in [0.15, 0.2) is 12.1 Å². The molecule has 0 saturated heterocycles. The predicted octanol–water partition coefficient (Wildman–Crippen LogP) is 0.942. The molecule has 5 heteroatoms. The minimum atomic E-state index is -0.756. The molecule has 2 N–H and O–H groups in total. The van der Waals surface area contributed by atoms with Crippen LogP contribution >= 0.6 is 0 Å². The van der Waals surface area contributed by atoms with Crippen molar-refractivity contribution in [3.05, 3.63) is 23.5 Å². The number of ether oxygens (including phenoxy) is 1. The molecule has 0 aliphatic rings. The second-order valence-corrected chi connectivity index (χ2v) is 2.96. The van der Waals surface area contributed by atoms with E-state index in [0.29, 0.717) is 0 Å². The zero-order chi connectivity index (χ0) is 11.4. The van der Waals surface area contributed by atoms with E-state index in [0.717, 1.165) is 6.07 Å². The van der Waals surface area contributed by atoms with Crippen LogP contribution in [-0.2, 0) is 0 Å². The summed E-state index contributed by atoms with van der Waals surface area (Å²) >= 11 is 0. The average Bonchev–Trinajstić information content (AvgIpc) is 2.18. The van der Waals surface area contributed by atoms with Crippen molar-refractivity contribution >= 4 is 5.78 Å². The Morgan fingerprint density at radius 1 is 1.60 bits per heavy atom. The Morgan fingerprint density at radius 2 is 2.27 bits per heavy atom. The Bertz CT molecular complexity index is 379. The van der Waals surface area contributed by atoms with Crippen molar-refractivity contribution in [2.45, 2.75) is 0 Å². The molecule has 0 atom stereocenters. The van der Waals surface area contributed by atoms with Crippen molar-refractivity contribution in [1.29, 1.82) is 0 Å². The topological polar surface area (TPSA) is 58.6 Å². The Kier molecular flexibility index (Phi) is 3.62. The number of Topliss-reactive ketones (excluding diaryl/α,β-unsaturated/α-hetero) is 1. The highest BCUT2D eigenvalue weighted by atomic mass is 19.1. The van der Waals surface area contributed by atoms with Crippen LogP contribution < -0.4 is 10.1 Å². The number of methoxy groups -OCH3 is 1. The maximum absolute atomic E-state index is 13.3. The SMILES string of the molecule is CNCC(=O)c1cc(OC)c(O)cc1F. The molecule has 0 aromatic heterocycles. The molecule has 0 radical (unpaired) electrons. The van der Waals surface area contributed by atoms with E-state index in [1.54, 1.807) is 7.05 Å². The normalized spacial score (nSPS) is 10.1. The molecule has 0 bridgehead atoms. The molecule has 0 aliphatic carbocycles. The fraction of sp³-hybridized carbons (Fsp3) is 0.300. The summed E-state index contributed by atoms with van der Waals surface area (Å²) in [6, 6.07) is 2.05. The zero-order valence-electron chi connectivity index (χ0n) is 8.50. The lowest BCUT2D eigenvalue weighted by molar-refractivity contribution is 0.0989. The van der Waals surface area contributed by atoms with Gasteiger partial charge in [0.2, 0.25) is 0 Å². The van der Waals surface area contributed by atoms with E-state index in [-0.39, 0.29) is 23.6 Å². The molecule has 1 aromatic carbocycles. The Hall–Kier alpha value is -1.62. The fourth-order valence-electron chi connectivity index (χ4n) is 1.18. The van der Waals surface area contributed by atoms with Crippen molar-refractivity contribution in [1.82, 2.24) is 5.32 Å². The van der Waals surface area contributed by atoms with Gasteiger partial charge in [0, 0.05) is 6.07 Å². The second kappa shape index (κ2) is 4.75. The van der Waals surface area contributed by atoms with Crippen molar-refractivity contribution in [3.63, 3.8) is 0 Å². The number of rotatable bonds is 4. The van der Waals surface area contributed by atoms with E-state index in [1.165, 1.54) is 13.2 Å². The summed E-state index contributed by atoms with van der Waals surface area (Å²) in [5.74, 6) is -1.39. The van der Waals surface area contributed by atoms with Gasteiger partial charge in [-0.05, 0) is 13.1 Å². The molecule has 0 spiro atoms. The van der Waals surface area contributed by atoms with Gasteiger partial charge in [0.1, 0.15) is 5.82 Å². The Labute approximate surface area is 86.7 Å². The summed E-state index contributed by atoms with van der Waals surface area (Å²) in [5.41, 5.74) is -0.0981. The van der Waals surface area contributed by atoms with Crippen molar-refractivity contribution in [2.75, 3.05) is 20.7 Å². The lowest BCUT2D eigenvalue weighted by atomic mass is 10.1. The van der Waals surface area contributed by atoms with E-state index in [4.69, 9.17) is 4.74 Å². The summed E-state index contributed by atoms with van der Waals surface area (Å²) in [4.78, 5) is 11.4. The molecule has 0 heterocycles. The second-order valence-electron chi connectivity index (χ2n) is 2.96. The molecule has 0 aliphatic heterocycles. The van der Waals surface area contributed by atoms with Crippen LogP contribution in [0.5, 0.6) is 11.5 Å². The monoisotopic (exact) mass is 213 g/mol. The van der Waals surface area contributed by atoms with E-state index < -0.39 is 11.6 Å². The number of benzene rings is 1. The first-order valence-corrected chi connectivity index (χ1v) is 4.34. The number of carbonyl (C=O) groups excluding carboxylic acids is 1. The minimum Gasteiger partial charge on any atom is -0.504 e. The highest BCUT2D eigenvalue weighted by Gasteiger charge is 2.15. The molecule has 0 fully saturated rings. The van der Waals surface area contributed by atoms with Gasteiger partial charge in [0.05, 0.1) is 19.2 Å². The average molecular weight is 213 g/mol. The Balaban J connectivity index is 3.12. The molecule has 1 rings (SSSR count).